The van der Waals surface area contributed by atoms with Crippen molar-refractivity contribution in [1.29, 1.82) is 0 Å². The summed E-state index contributed by atoms with van der Waals surface area (Å²) in [4.78, 5) is 27.5. The molecule has 0 saturated heterocycles. The van der Waals surface area contributed by atoms with Crippen molar-refractivity contribution in [3.63, 3.8) is 0 Å². The molecule has 0 saturated carbocycles. The summed E-state index contributed by atoms with van der Waals surface area (Å²) in [6.07, 6.45) is 0. The van der Waals surface area contributed by atoms with Crippen LogP contribution in [0.5, 0.6) is 0 Å². The monoisotopic (exact) mass is 294 g/mol. The molecule has 0 aliphatic carbocycles. The first-order valence-electron chi connectivity index (χ1n) is 5.30. The zero-order valence-corrected chi connectivity index (χ0v) is 11.2. The summed E-state index contributed by atoms with van der Waals surface area (Å²) < 4.78 is 0.950. The van der Waals surface area contributed by atoms with Gasteiger partial charge in [-0.3, -0.25) is 9.78 Å². The normalized spacial score (nSPS) is 11.1. The van der Waals surface area contributed by atoms with Crippen molar-refractivity contribution in [3.8, 4) is 5.82 Å². The molecule has 0 bridgehead atoms. The third kappa shape index (κ3) is 1.87. The Morgan fingerprint density at radius 1 is 1.32 bits per heavy atom. The number of nitrogens with zero attached hydrogens (tertiary/aromatic N) is 3. The van der Waals surface area contributed by atoms with Crippen LogP contribution in [-0.4, -0.2) is 19.7 Å². The Hall–Kier alpha value is -1.99. The number of aryl methyl sites for hydroxylation is 1. The first-order chi connectivity index (χ1) is 9.08. The summed E-state index contributed by atoms with van der Waals surface area (Å²) in [6, 6.07) is 2.94. The molecule has 0 amide bonds. The minimum Gasteiger partial charge on any atom is -0.298 e. The summed E-state index contributed by atoms with van der Waals surface area (Å²) in [5.41, 5.74) is -0.137. The van der Waals surface area contributed by atoms with Crippen LogP contribution in [0.3, 0.4) is 0 Å². The molecule has 0 atom stereocenters. The van der Waals surface area contributed by atoms with E-state index in [9.17, 15) is 9.59 Å². The number of nitrogens with one attached hydrogen (secondary N) is 1. The van der Waals surface area contributed by atoms with Crippen LogP contribution in [0.2, 0.25) is 5.15 Å². The number of hydrogen-bond donors (Lipinski definition) is 1. The van der Waals surface area contributed by atoms with Gasteiger partial charge in [0.1, 0.15) is 4.83 Å². The molecule has 0 aromatic carbocycles. The molecule has 0 radical (unpaired) electrons. The fourth-order valence-electron chi connectivity index (χ4n) is 1.80. The molecule has 19 heavy (non-hydrogen) atoms. The lowest BCUT2D eigenvalue weighted by atomic mass is 10.3. The van der Waals surface area contributed by atoms with E-state index in [0.29, 0.717) is 10.2 Å². The minimum absolute atomic E-state index is 0.142. The van der Waals surface area contributed by atoms with Gasteiger partial charge in [0.15, 0.2) is 11.0 Å². The molecule has 0 unspecified atom stereocenters. The lowest BCUT2D eigenvalue weighted by Crippen LogP contribution is -2.34. The Morgan fingerprint density at radius 3 is 2.79 bits per heavy atom. The van der Waals surface area contributed by atoms with Crippen molar-refractivity contribution in [2.75, 3.05) is 0 Å². The van der Waals surface area contributed by atoms with Gasteiger partial charge < -0.3 is 0 Å². The predicted molar refractivity (Wildman–Crippen MR) is 73.4 cm³/mol. The second-order valence-electron chi connectivity index (χ2n) is 3.91. The molecule has 3 heterocycles. The maximum absolute atomic E-state index is 12.4. The molecule has 3 rings (SSSR count). The molecular formula is C11H7ClN4O2S. The van der Waals surface area contributed by atoms with Gasteiger partial charge in [0.05, 0.1) is 5.39 Å². The molecule has 0 aliphatic heterocycles. The fraction of sp³-hybridized carbons (Fsp3) is 0.0909. The zero-order valence-electron chi connectivity index (χ0n) is 9.68. The topological polar surface area (TPSA) is 80.6 Å². The summed E-state index contributed by atoms with van der Waals surface area (Å²) in [7, 11) is 0. The van der Waals surface area contributed by atoms with Crippen LogP contribution in [-0.2, 0) is 0 Å². The van der Waals surface area contributed by atoms with Crippen molar-refractivity contribution >= 4 is 33.2 Å². The second-order valence-corrected chi connectivity index (χ2v) is 5.17. The molecule has 96 valence electrons. The largest absolute Gasteiger partial charge is 0.335 e. The van der Waals surface area contributed by atoms with Crippen LogP contribution in [0.15, 0.2) is 27.1 Å². The number of thiophene rings is 1. The van der Waals surface area contributed by atoms with Gasteiger partial charge in [-0.15, -0.1) is 21.5 Å². The van der Waals surface area contributed by atoms with E-state index < -0.39 is 11.2 Å². The van der Waals surface area contributed by atoms with E-state index in [1.165, 1.54) is 23.5 Å². The van der Waals surface area contributed by atoms with Gasteiger partial charge in [-0.25, -0.2) is 9.36 Å². The smallest absolute Gasteiger partial charge is 0.298 e. The number of rotatable bonds is 1. The highest BCUT2D eigenvalue weighted by Gasteiger charge is 2.13. The summed E-state index contributed by atoms with van der Waals surface area (Å²) in [5.74, 6) is 0.142. The van der Waals surface area contributed by atoms with Crippen molar-refractivity contribution in [2.45, 2.75) is 6.92 Å². The van der Waals surface area contributed by atoms with Gasteiger partial charge in [0, 0.05) is 0 Å². The van der Waals surface area contributed by atoms with E-state index in [0.717, 1.165) is 10.1 Å². The molecule has 0 spiro atoms. The highest BCUT2D eigenvalue weighted by atomic mass is 35.5. The van der Waals surface area contributed by atoms with Crippen LogP contribution < -0.4 is 11.2 Å². The van der Waals surface area contributed by atoms with E-state index in [2.05, 4.69) is 15.2 Å². The maximum atomic E-state index is 12.4. The second kappa shape index (κ2) is 4.29. The predicted octanol–water partition coefficient (Wildman–Crippen LogP) is 1.49. The summed E-state index contributed by atoms with van der Waals surface area (Å²) in [5, 5.41) is 9.89. The zero-order chi connectivity index (χ0) is 13.6. The van der Waals surface area contributed by atoms with E-state index >= 15 is 0 Å². The van der Waals surface area contributed by atoms with Gasteiger partial charge in [0.25, 0.3) is 5.56 Å². The van der Waals surface area contributed by atoms with Gasteiger partial charge in [-0.1, -0.05) is 11.6 Å². The van der Waals surface area contributed by atoms with Crippen molar-refractivity contribution in [3.05, 3.63) is 49.1 Å². The first-order valence-corrected chi connectivity index (χ1v) is 6.56. The van der Waals surface area contributed by atoms with Crippen LogP contribution in [0.25, 0.3) is 16.0 Å². The van der Waals surface area contributed by atoms with E-state index in [-0.39, 0.29) is 11.0 Å². The Balaban J connectivity index is 2.41. The Kier molecular flexibility index (Phi) is 2.72. The van der Waals surface area contributed by atoms with Gasteiger partial charge in [-0.2, -0.15) is 0 Å². The van der Waals surface area contributed by atoms with E-state index in [1.54, 1.807) is 0 Å². The maximum Gasteiger partial charge on any atom is 0.335 e. The minimum atomic E-state index is -0.545. The Labute approximate surface area is 115 Å². The highest BCUT2D eigenvalue weighted by Crippen LogP contribution is 2.18. The van der Waals surface area contributed by atoms with Crippen LogP contribution >= 0.6 is 22.9 Å². The number of fused-ring (bicyclic) bond motifs is 1. The summed E-state index contributed by atoms with van der Waals surface area (Å²) >= 11 is 6.96. The van der Waals surface area contributed by atoms with Crippen LogP contribution in [0, 0.1) is 6.92 Å². The molecule has 0 fully saturated rings. The quantitative estimate of drug-likeness (QED) is 0.737. The van der Waals surface area contributed by atoms with Gasteiger partial charge in [0.2, 0.25) is 0 Å². The third-order valence-electron chi connectivity index (χ3n) is 2.66. The fourth-order valence-corrected chi connectivity index (χ4v) is 2.82. The van der Waals surface area contributed by atoms with Gasteiger partial charge in [-0.05, 0) is 30.0 Å². The molecular weight excluding hydrogens is 288 g/mol. The lowest BCUT2D eigenvalue weighted by Gasteiger charge is -2.03. The van der Waals surface area contributed by atoms with Crippen molar-refractivity contribution in [1.82, 2.24) is 19.7 Å². The molecule has 1 N–H and O–H groups in total. The third-order valence-corrected chi connectivity index (χ3v) is 3.88. The van der Waals surface area contributed by atoms with Gasteiger partial charge >= 0.3 is 5.69 Å². The van der Waals surface area contributed by atoms with Crippen molar-refractivity contribution in [2.24, 2.45) is 0 Å². The SMILES string of the molecule is Cc1csc2[nH]c(=O)n(-c3ccc(Cl)nn3)c(=O)c12. The average molecular weight is 295 g/mol. The number of aromatic amines is 1. The number of halogens is 1. The number of hydrogen-bond acceptors (Lipinski definition) is 5. The average Bonchev–Trinajstić information content (AvgIpc) is 2.73. The molecule has 3 aromatic heterocycles. The Bertz CT molecular complexity index is 878. The number of aromatic nitrogens is 4. The molecule has 0 aliphatic rings. The van der Waals surface area contributed by atoms with Crippen LogP contribution in [0.4, 0.5) is 0 Å². The number of H-pyrrole nitrogens is 1. The Morgan fingerprint density at radius 2 is 2.11 bits per heavy atom. The van der Waals surface area contributed by atoms with Crippen LogP contribution in [0.1, 0.15) is 5.56 Å². The van der Waals surface area contributed by atoms with E-state index in [4.69, 9.17) is 11.6 Å². The molecule has 6 nitrogen and oxygen atoms in total. The summed E-state index contributed by atoms with van der Waals surface area (Å²) in [6.45, 7) is 1.82. The molecule has 8 heteroatoms. The first kappa shape index (κ1) is 12.1. The lowest BCUT2D eigenvalue weighted by molar-refractivity contribution is 0.834. The van der Waals surface area contributed by atoms with Crippen molar-refractivity contribution < 1.29 is 0 Å². The molecule has 3 aromatic rings. The standard InChI is InChI=1S/C11H7ClN4O2S/c1-5-4-19-9-8(5)10(17)16(11(18)13-9)7-3-2-6(12)14-15-7/h2-4H,1H3,(H,13,18). The highest BCUT2D eigenvalue weighted by molar-refractivity contribution is 7.16. The van der Waals surface area contributed by atoms with E-state index in [1.807, 2.05) is 12.3 Å².